The van der Waals surface area contributed by atoms with Gasteiger partial charge in [0, 0.05) is 12.2 Å². The van der Waals surface area contributed by atoms with E-state index in [-0.39, 0.29) is 5.91 Å². The second-order valence-electron chi connectivity index (χ2n) is 6.71. The molecule has 158 valence electrons. The summed E-state index contributed by atoms with van der Waals surface area (Å²) in [5.74, 6) is 0.549. The number of urea groups is 1. The highest BCUT2D eigenvalue weighted by Gasteiger charge is 2.32. The van der Waals surface area contributed by atoms with E-state index in [9.17, 15) is 9.59 Å². The van der Waals surface area contributed by atoms with Gasteiger partial charge < -0.3 is 25.4 Å². The summed E-state index contributed by atoms with van der Waals surface area (Å²) in [6.45, 7) is 4.32. The summed E-state index contributed by atoms with van der Waals surface area (Å²) in [4.78, 5) is 25.2. The molecule has 0 unspecified atom stereocenters. The smallest absolute Gasteiger partial charge is 0.319 e. The summed E-state index contributed by atoms with van der Waals surface area (Å²) >= 11 is 6.40. The zero-order chi connectivity index (χ0) is 21.7. The van der Waals surface area contributed by atoms with Gasteiger partial charge in [0.05, 0.1) is 30.4 Å². The highest BCUT2D eigenvalue weighted by atomic mass is 35.5. The highest BCUT2D eigenvalue weighted by Crippen LogP contribution is 2.40. The molecule has 0 radical (unpaired) electrons. The van der Waals surface area contributed by atoms with Crippen LogP contribution in [0.1, 0.15) is 31.0 Å². The maximum atomic E-state index is 13.0. The number of rotatable bonds is 7. The fraction of sp³-hybridized carbons (Fsp3) is 0.273. The molecule has 0 saturated heterocycles. The summed E-state index contributed by atoms with van der Waals surface area (Å²) in [6.07, 6.45) is 0. The molecular weight excluding hydrogens is 406 g/mol. The van der Waals surface area contributed by atoms with Crippen LogP contribution in [0.15, 0.2) is 53.7 Å². The van der Waals surface area contributed by atoms with E-state index in [1.165, 1.54) is 7.11 Å². The number of hydrogen-bond acceptors (Lipinski definition) is 4. The third-order valence-electron chi connectivity index (χ3n) is 4.68. The van der Waals surface area contributed by atoms with E-state index in [0.717, 1.165) is 5.56 Å². The van der Waals surface area contributed by atoms with Gasteiger partial charge in [-0.3, -0.25) is 4.79 Å². The van der Waals surface area contributed by atoms with Crippen LogP contribution in [0.5, 0.6) is 11.5 Å². The van der Waals surface area contributed by atoms with Crippen LogP contribution < -0.4 is 25.4 Å². The summed E-state index contributed by atoms with van der Waals surface area (Å²) in [5.41, 5.74) is 2.45. The van der Waals surface area contributed by atoms with Gasteiger partial charge in [0.2, 0.25) is 0 Å². The monoisotopic (exact) mass is 429 g/mol. The second-order valence-corrected chi connectivity index (χ2v) is 7.11. The average Bonchev–Trinajstić information content (AvgIpc) is 2.73. The molecule has 0 aromatic heterocycles. The van der Waals surface area contributed by atoms with Crippen LogP contribution >= 0.6 is 11.6 Å². The summed E-state index contributed by atoms with van der Waals surface area (Å²) in [6, 6.07) is 11.9. The number of amides is 3. The minimum Gasteiger partial charge on any atom is -0.493 e. The highest BCUT2D eigenvalue weighted by molar-refractivity contribution is 6.32. The molecule has 3 N–H and O–H groups in total. The van der Waals surface area contributed by atoms with Crippen LogP contribution in [0.25, 0.3) is 0 Å². The Bertz CT molecular complexity index is 976. The largest absolute Gasteiger partial charge is 0.493 e. The Morgan fingerprint density at radius 2 is 1.97 bits per heavy atom. The van der Waals surface area contributed by atoms with E-state index in [0.29, 0.717) is 46.5 Å². The molecule has 0 fully saturated rings. The van der Waals surface area contributed by atoms with E-state index < -0.39 is 12.1 Å². The van der Waals surface area contributed by atoms with Gasteiger partial charge in [0.25, 0.3) is 5.91 Å². The van der Waals surface area contributed by atoms with Crippen molar-refractivity contribution in [2.45, 2.75) is 26.4 Å². The van der Waals surface area contributed by atoms with Gasteiger partial charge in [0.15, 0.2) is 11.5 Å². The first kappa shape index (κ1) is 21.5. The number of nitrogens with one attached hydrogen (secondary N) is 3. The lowest BCUT2D eigenvalue weighted by atomic mass is 9.94. The summed E-state index contributed by atoms with van der Waals surface area (Å²) in [5, 5.41) is 8.71. The summed E-state index contributed by atoms with van der Waals surface area (Å²) in [7, 11) is 1.51. The van der Waals surface area contributed by atoms with Gasteiger partial charge in [-0.1, -0.05) is 41.9 Å². The number of benzene rings is 2. The normalized spacial score (nSPS) is 15.9. The molecule has 0 saturated carbocycles. The van der Waals surface area contributed by atoms with Crippen LogP contribution in [0.3, 0.4) is 0 Å². The standard InChI is InChI=1S/C22H24ClN3O4/c1-4-30-20-16(23)10-15(11-17(20)29-3)19-18(13(2)25-22(28)26-19)21(27)24-12-14-8-6-5-7-9-14/h5-11,19H,4,12H2,1-3H3,(H,24,27)(H2,25,26,28)/t19-/m1/s1. The molecule has 2 aromatic carbocycles. The number of hydrogen-bond donors (Lipinski definition) is 3. The van der Waals surface area contributed by atoms with Crippen LogP contribution in [-0.2, 0) is 11.3 Å². The van der Waals surface area contributed by atoms with Crippen molar-refractivity contribution in [2.24, 2.45) is 0 Å². The van der Waals surface area contributed by atoms with E-state index in [1.807, 2.05) is 37.3 Å². The first-order valence-electron chi connectivity index (χ1n) is 9.55. The van der Waals surface area contributed by atoms with Crippen molar-refractivity contribution in [3.05, 3.63) is 69.9 Å². The van der Waals surface area contributed by atoms with Crippen LogP contribution in [-0.4, -0.2) is 25.7 Å². The zero-order valence-corrected chi connectivity index (χ0v) is 17.8. The van der Waals surface area contributed by atoms with E-state index in [4.69, 9.17) is 21.1 Å². The molecule has 0 aliphatic carbocycles. The van der Waals surface area contributed by atoms with Crippen LogP contribution in [0.4, 0.5) is 4.79 Å². The van der Waals surface area contributed by atoms with Gasteiger partial charge in [-0.15, -0.1) is 0 Å². The number of ether oxygens (including phenoxy) is 2. The topological polar surface area (TPSA) is 88.7 Å². The van der Waals surface area contributed by atoms with Crippen LogP contribution in [0.2, 0.25) is 5.02 Å². The van der Waals surface area contributed by atoms with Gasteiger partial charge in [-0.2, -0.15) is 0 Å². The molecule has 1 atom stereocenters. The maximum Gasteiger partial charge on any atom is 0.319 e. The Balaban J connectivity index is 1.93. The van der Waals surface area contributed by atoms with Gasteiger partial charge in [-0.25, -0.2) is 4.79 Å². The van der Waals surface area contributed by atoms with E-state index in [2.05, 4.69) is 16.0 Å². The van der Waals surface area contributed by atoms with Crippen LogP contribution in [0, 0.1) is 0 Å². The Labute approximate surface area is 180 Å². The number of carbonyl (C=O) groups excluding carboxylic acids is 2. The van der Waals surface area contributed by atoms with Crippen molar-refractivity contribution in [1.82, 2.24) is 16.0 Å². The third kappa shape index (κ3) is 4.68. The second kappa shape index (κ2) is 9.54. The van der Waals surface area contributed by atoms with Crippen molar-refractivity contribution in [3.8, 4) is 11.5 Å². The summed E-state index contributed by atoms with van der Waals surface area (Å²) < 4.78 is 11.0. The molecule has 1 aliphatic rings. The lowest BCUT2D eigenvalue weighted by Gasteiger charge is -2.29. The van der Waals surface area contributed by atoms with E-state index in [1.54, 1.807) is 19.1 Å². The quantitative estimate of drug-likeness (QED) is 0.626. The fourth-order valence-corrected chi connectivity index (χ4v) is 3.58. The predicted molar refractivity (Wildman–Crippen MR) is 115 cm³/mol. The molecule has 3 rings (SSSR count). The Hall–Kier alpha value is -3.19. The molecule has 8 heteroatoms. The van der Waals surface area contributed by atoms with Crippen molar-refractivity contribution in [3.63, 3.8) is 0 Å². The molecule has 3 amide bonds. The van der Waals surface area contributed by atoms with Gasteiger partial charge in [0.1, 0.15) is 0 Å². The first-order valence-corrected chi connectivity index (χ1v) is 9.93. The molecule has 0 spiro atoms. The fourth-order valence-electron chi connectivity index (χ4n) is 3.31. The van der Waals surface area contributed by atoms with Crippen molar-refractivity contribution >= 4 is 23.5 Å². The number of methoxy groups -OCH3 is 1. The molecule has 1 heterocycles. The first-order chi connectivity index (χ1) is 14.4. The SMILES string of the molecule is CCOc1c(Cl)cc([C@H]2NC(=O)NC(C)=C2C(=O)NCc2ccccc2)cc1OC. The maximum absolute atomic E-state index is 13.0. The molecular formula is C22H24ClN3O4. The molecule has 30 heavy (non-hydrogen) atoms. The Kier molecular flexibility index (Phi) is 6.84. The van der Waals surface area contributed by atoms with Gasteiger partial charge >= 0.3 is 6.03 Å². The molecule has 2 aromatic rings. The average molecular weight is 430 g/mol. The third-order valence-corrected chi connectivity index (χ3v) is 4.96. The van der Waals surface area contributed by atoms with Crippen molar-refractivity contribution in [2.75, 3.05) is 13.7 Å². The molecule has 0 bridgehead atoms. The number of allylic oxidation sites excluding steroid dienone is 1. The zero-order valence-electron chi connectivity index (χ0n) is 17.0. The van der Waals surface area contributed by atoms with Crippen molar-refractivity contribution in [1.29, 1.82) is 0 Å². The number of carbonyl (C=O) groups is 2. The predicted octanol–water partition coefficient (Wildman–Crippen LogP) is 3.69. The molecule has 1 aliphatic heterocycles. The van der Waals surface area contributed by atoms with Gasteiger partial charge in [-0.05, 0) is 37.1 Å². The number of halogens is 1. The lowest BCUT2D eigenvalue weighted by Crippen LogP contribution is -2.46. The lowest BCUT2D eigenvalue weighted by molar-refractivity contribution is -0.118. The minimum absolute atomic E-state index is 0.294. The Morgan fingerprint density at radius 1 is 1.23 bits per heavy atom. The van der Waals surface area contributed by atoms with E-state index >= 15 is 0 Å². The van der Waals surface area contributed by atoms with Crippen molar-refractivity contribution < 1.29 is 19.1 Å². The minimum atomic E-state index is -0.698. The molecule has 7 nitrogen and oxygen atoms in total. The Morgan fingerprint density at radius 3 is 2.63 bits per heavy atom.